The van der Waals surface area contributed by atoms with Crippen LogP contribution in [0.1, 0.15) is 50.5 Å². The molecule has 0 spiro atoms. The van der Waals surface area contributed by atoms with Gasteiger partial charge < -0.3 is 9.80 Å². The van der Waals surface area contributed by atoms with Crippen LogP contribution in [0, 0.1) is 5.92 Å². The first-order valence-corrected chi connectivity index (χ1v) is 15.4. The Labute approximate surface area is 227 Å². The second-order valence-electron chi connectivity index (χ2n) is 10.7. The lowest BCUT2D eigenvalue weighted by molar-refractivity contribution is 0.174. The number of rotatable bonds is 10. The van der Waals surface area contributed by atoms with Gasteiger partial charge in [-0.1, -0.05) is 55.5 Å². The molecule has 1 aromatic heterocycles. The Balaban J connectivity index is 1.25. The number of piperidine rings is 1. The zero-order valence-corrected chi connectivity index (χ0v) is 23.0. The monoisotopic (exact) mass is 533 g/mol. The van der Waals surface area contributed by atoms with Gasteiger partial charge in [0.2, 0.25) is 16.0 Å². The molecule has 2 aromatic carbocycles. The minimum absolute atomic E-state index is 0.0665. The number of aromatic nitrogens is 2. The van der Waals surface area contributed by atoms with E-state index in [9.17, 15) is 8.42 Å². The number of nitrogens with zero attached hydrogens (tertiary/aromatic N) is 4. The summed E-state index contributed by atoms with van der Waals surface area (Å²) in [5.74, 6) is 1.58. The van der Waals surface area contributed by atoms with E-state index < -0.39 is 10.0 Å². The van der Waals surface area contributed by atoms with Gasteiger partial charge in [-0.15, -0.1) is 0 Å². The minimum Gasteiger partial charge on any atom is -0.338 e. The van der Waals surface area contributed by atoms with Crippen molar-refractivity contribution in [3.63, 3.8) is 0 Å². The van der Waals surface area contributed by atoms with Gasteiger partial charge in [-0.05, 0) is 67.7 Å². The van der Waals surface area contributed by atoms with E-state index in [0.29, 0.717) is 22.8 Å². The molecule has 1 N–H and O–H groups in total. The van der Waals surface area contributed by atoms with Gasteiger partial charge in [0.1, 0.15) is 0 Å². The quantitative estimate of drug-likeness (QED) is 0.407. The fraction of sp³-hybridized carbons (Fsp3) is 0.467. The van der Waals surface area contributed by atoms with E-state index in [1.54, 1.807) is 24.3 Å². The van der Waals surface area contributed by atoms with Crippen molar-refractivity contribution < 1.29 is 8.42 Å². The second kappa shape index (κ2) is 12.4. The smallest absolute Gasteiger partial charge is 0.240 e. The van der Waals surface area contributed by atoms with E-state index in [4.69, 9.17) is 0 Å². The Morgan fingerprint density at radius 3 is 2.24 bits per heavy atom. The molecular weight excluding hydrogens is 494 g/mol. The first kappa shape index (κ1) is 26.8. The van der Waals surface area contributed by atoms with Crippen LogP contribution in [0.5, 0.6) is 0 Å². The summed E-state index contributed by atoms with van der Waals surface area (Å²) in [5, 5.41) is 0. The third-order valence-corrected chi connectivity index (χ3v) is 9.60. The van der Waals surface area contributed by atoms with Gasteiger partial charge in [-0.25, -0.2) is 23.1 Å². The molecule has 38 heavy (non-hydrogen) atoms. The first-order chi connectivity index (χ1) is 18.5. The summed E-state index contributed by atoms with van der Waals surface area (Å²) >= 11 is 0. The number of sulfonamides is 1. The minimum atomic E-state index is -3.54. The normalized spacial score (nSPS) is 22.9. The molecule has 0 radical (unpaired) electrons. The number of hydrogen-bond donors (Lipinski definition) is 1. The van der Waals surface area contributed by atoms with Crippen molar-refractivity contribution >= 4 is 16.0 Å². The van der Waals surface area contributed by atoms with E-state index in [1.165, 1.54) is 5.56 Å². The molecule has 0 amide bonds. The lowest BCUT2D eigenvalue weighted by atomic mass is 9.88. The zero-order chi connectivity index (χ0) is 26.4. The third kappa shape index (κ3) is 6.42. The Hall–Kier alpha value is -2.81. The number of nitrogens with one attached hydrogen (secondary N) is 1. The summed E-state index contributed by atoms with van der Waals surface area (Å²) in [7, 11) is -3.54. The summed E-state index contributed by atoms with van der Waals surface area (Å²) in [5.41, 5.74) is 1.31. The molecule has 8 heteroatoms. The maximum atomic E-state index is 13.1. The molecule has 3 atom stereocenters. The first-order valence-electron chi connectivity index (χ1n) is 13.9. The van der Waals surface area contributed by atoms with Crippen LogP contribution in [0.2, 0.25) is 0 Å². The zero-order valence-electron chi connectivity index (χ0n) is 22.2. The van der Waals surface area contributed by atoms with Crippen LogP contribution in [0.25, 0.3) is 0 Å². The Morgan fingerprint density at radius 2 is 1.58 bits per heavy atom. The predicted molar refractivity (Wildman–Crippen MR) is 152 cm³/mol. The molecular formula is C30H39N5O2S. The van der Waals surface area contributed by atoms with Crippen LogP contribution in [-0.4, -0.2) is 61.5 Å². The van der Waals surface area contributed by atoms with Gasteiger partial charge in [-0.2, -0.15) is 0 Å². The molecule has 1 aliphatic carbocycles. The summed E-state index contributed by atoms with van der Waals surface area (Å²) < 4.78 is 29.1. The number of anilines is 1. The molecule has 7 nitrogen and oxygen atoms in total. The molecule has 5 rings (SSSR count). The Morgan fingerprint density at radius 1 is 0.921 bits per heavy atom. The van der Waals surface area contributed by atoms with Gasteiger partial charge in [0.15, 0.2) is 0 Å². The SMILES string of the molecule is CCCN(c1ncccn1)C1CCN(C[C@H]2C[C@@H](NS(=O)(=O)c3ccccc3)C[C@@H]2c2ccccc2)CC1. The molecule has 2 heterocycles. The highest BCUT2D eigenvalue weighted by Gasteiger charge is 2.38. The number of benzene rings is 2. The standard InChI is InChI=1S/C30H39N5O2S/c1-2-18-35(30-31-16-9-17-32-30)27-14-19-34(20-15-27)23-25-21-26(22-29(25)24-10-5-3-6-11-24)33-38(36,37)28-12-7-4-8-13-28/h3-13,16-17,25-27,29,33H,2,14-15,18-23H2,1H3/t25-,26-,29-/m1/s1. The van der Waals surface area contributed by atoms with E-state index in [0.717, 1.165) is 64.2 Å². The molecule has 1 saturated heterocycles. The van der Waals surface area contributed by atoms with Crippen LogP contribution in [0.4, 0.5) is 5.95 Å². The van der Waals surface area contributed by atoms with E-state index in [1.807, 2.05) is 30.6 Å². The van der Waals surface area contributed by atoms with Crippen molar-refractivity contribution in [2.75, 3.05) is 31.1 Å². The largest absolute Gasteiger partial charge is 0.338 e. The van der Waals surface area contributed by atoms with Crippen LogP contribution in [0.3, 0.4) is 0 Å². The van der Waals surface area contributed by atoms with Crippen LogP contribution in [-0.2, 0) is 10.0 Å². The van der Waals surface area contributed by atoms with E-state index in [2.05, 4.69) is 55.7 Å². The number of likely N-dealkylation sites (tertiary alicyclic amines) is 1. The number of hydrogen-bond acceptors (Lipinski definition) is 6. The highest BCUT2D eigenvalue weighted by Crippen LogP contribution is 2.41. The maximum absolute atomic E-state index is 13.1. The van der Waals surface area contributed by atoms with Crippen molar-refractivity contribution in [3.05, 3.63) is 84.7 Å². The highest BCUT2D eigenvalue weighted by atomic mass is 32.2. The van der Waals surface area contributed by atoms with Gasteiger partial charge in [0.25, 0.3) is 0 Å². The summed E-state index contributed by atoms with van der Waals surface area (Å²) in [6.45, 7) is 6.24. The molecule has 202 valence electrons. The van der Waals surface area contributed by atoms with Crippen LogP contribution >= 0.6 is 0 Å². The molecule has 2 aliphatic rings. The van der Waals surface area contributed by atoms with E-state index >= 15 is 0 Å². The lowest BCUT2D eigenvalue weighted by Gasteiger charge is -2.39. The van der Waals surface area contributed by atoms with E-state index in [-0.39, 0.29) is 6.04 Å². The van der Waals surface area contributed by atoms with Crippen LogP contribution < -0.4 is 9.62 Å². The maximum Gasteiger partial charge on any atom is 0.240 e. The average molecular weight is 534 g/mol. The Bertz CT molecular complexity index is 1240. The predicted octanol–water partition coefficient (Wildman–Crippen LogP) is 4.70. The fourth-order valence-corrected chi connectivity index (χ4v) is 7.57. The van der Waals surface area contributed by atoms with Crippen molar-refractivity contribution in [1.82, 2.24) is 19.6 Å². The van der Waals surface area contributed by atoms with Gasteiger partial charge in [-0.3, -0.25) is 0 Å². The van der Waals surface area contributed by atoms with Gasteiger partial charge in [0, 0.05) is 50.7 Å². The second-order valence-corrected chi connectivity index (χ2v) is 12.4. The molecule has 0 unspecified atom stereocenters. The van der Waals surface area contributed by atoms with Crippen molar-refractivity contribution in [3.8, 4) is 0 Å². The molecule has 2 fully saturated rings. The third-order valence-electron chi connectivity index (χ3n) is 8.06. The Kier molecular flexibility index (Phi) is 8.72. The molecule has 1 saturated carbocycles. The van der Waals surface area contributed by atoms with Crippen molar-refractivity contribution in [2.45, 2.75) is 61.9 Å². The fourth-order valence-electron chi connectivity index (χ4n) is 6.29. The summed E-state index contributed by atoms with van der Waals surface area (Å²) in [6, 6.07) is 21.6. The van der Waals surface area contributed by atoms with Crippen molar-refractivity contribution in [2.24, 2.45) is 5.92 Å². The van der Waals surface area contributed by atoms with Crippen LogP contribution in [0.15, 0.2) is 84.0 Å². The molecule has 3 aromatic rings. The van der Waals surface area contributed by atoms with Crippen molar-refractivity contribution in [1.29, 1.82) is 0 Å². The lowest BCUT2D eigenvalue weighted by Crippen LogP contribution is -2.47. The summed E-state index contributed by atoms with van der Waals surface area (Å²) in [4.78, 5) is 14.3. The summed E-state index contributed by atoms with van der Waals surface area (Å²) in [6.07, 6.45) is 8.58. The topological polar surface area (TPSA) is 78.4 Å². The molecule has 1 aliphatic heterocycles. The highest BCUT2D eigenvalue weighted by molar-refractivity contribution is 7.89. The van der Waals surface area contributed by atoms with Gasteiger partial charge >= 0.3 is 0 Å². The van der Waals surface area contributed by atoms with Gasteiger partial charge in [0.05, 0.1) is 4.90 Å². The average Bonchev–Trinajstić information content (AvgIpc) is 3.35. The molecule has 0 bridgehead atoms.